The number of nitrogens with one attached hydrogen (secondary N) is 2. The number of thioether (sulfide) groups is 1. The lowest BCUT2D eigenvalue weighted by Gasteiger charge is -2.22. The van der Waals surface area contributed by atoms with Gasteiger partial charge >= 0.3 is 0 Å². The Balaban J connectivity index is 1.61. The van der Waals surface area contributed by atoms with E-state index in [0.29, 0.717) is 22.2 Å². The molecule has 1 saturated carbocycles. The van der Waals surface area contributed by atoms with Crippen molar-refractivity contribution < 1.29 is 9.18 Å². The average molecular weight is 389 g/mol. The number of rotatable bonds is 6. The Hall–Kier alpha value is -2.15. The van der Waals surface area contributed by atoms with Crippen LogP contribution in [0.25, 0.3) is 0 Å². The molecule has 7 heteroatoms. The van der Waals surface area contributed by atoms with E-state index in [4.69, 9.17) is 0 Å². The van der Waals surface area contributed by atoms with E-state index in [-0.39, 0.29) is 29.7 Å². The monoisotopic (exact) mass is 389 g/mol. The molecule has 2 N–H and O–H groups in total. The molecule has 0 radical (unpaired) electrons. The lowest BCUT2D eigenvalue weighted by molar-refractivity contribution is -0.121. The Morgan fingerprint density at radius 2 is 1.96 bits per heavy atom. The minimum absolute atomic E-state index is 0.0492. The Morgan fingerprint density at radius 3 is 2.63 bits per heavy atom. The second kappa shape index (κ2) is 9.17. The molecule has 3 rings (SSSR count). The summed E-state index contributed by atoms with van der Waals surface area (Å²) >= 11 is 1.37. The largest absolute Gasteiger partial charge is 0.353 e. The molecule has 0 aliphatic heterocycles. The minimum atomic E-state index is -0.276. The first kappa shape index (κ1) is 19.6. The maximum atomic E-state index is 13.0. The van der Waals surface area contributed by atoms with Crippen LogP contribution in [0.4, 0.5) is 4.39 Å². The van der Waals surface area contributed by atoms with Gasteiger partial charge in [0.05, 0.1) is 6.42 Å². The summed E-state index contributed by atoms with van der Waals surface area (Å²) in [6.07, 6.45) is 5.59. The number of benzene rings is 1. The van der Waals surface area contributed by atoms with Gasteiger partial charge in [-0.1, -0.05) is 43.2 Å². The van der Waals surface area contributed by atoms with Crippen LogP contribution in [0.1, 0.15) is 48.9 Å². The molecule has 1 heterocycles. The van der Waals surface area contributed by atoms with Gasteiger partial charge in [0.2, 0.25) is 5.91 Å². The van der Waals surface area contributed by atoms with Crippen LogP contribution in [-0.2, 0) is 17.0 Å². The highest BCUT2D eigenvalue weighted by Crippen LogP contribution is 2.20. The van der Waals surface area contributed by atoms with E-state index in [1.165, 1.54) is 30.3 Å². The third kappa shape index (κ3) is 5.66. The van der Waals surface area contributed by atoms with Crippen molar-refractivity contribution in [1.29, 1.82) is 0 Å². The molecule has 27 heavy (non-hydrogen) atoms. The van der Waals surface area contributed by atoms with E-state index in [1.54, 1.807) is 19.1 Å². The SMILES string of the molecule is Cc1nc(SCc2ccc(F)cc2)[nH]c(=O)c1CC(=O)NC1CCCCC1. The fourth-order valence-corrected chi connectivity index (χ4v) is 4.14. The quantitative estimate of drug-likeness (QED) is 0.586. The van der Waals surface area contributed by atoms with Crippen LogP contribution in [0, 0.1) is 12.7 Å². The molecular weight excluding hydrogens is 365 g/mol. The highest BCUT2D eigenvalue weighted by Gasteiger charge is 2.18. The second-order valence-corrected chi connectivity index (χ2v) is 7.89. The predicted molar refractivity (Wildman–Crippen MR) is 104 cm³/mol. The normalized spacial score (nSPS) is 14.9. The van der Waals surface area contributed by atoms with Crippen molar-refractivity contribution in [2.75, 3.05) is 0 Å². The van der Waals surface area contributed by atoms with Crippen molar-refractivity contribution in [3.8, 4) is 0 Å². The van der Waals surface area contributed by atoms with E-state index in [9.17, 15) is 14.0 Å². The van der Waals surface area contributed by atoms with Gasteiger partial charge in [0, 0.05) is 23.1 Å². The molecule has 0 saturated heterocycles. The second-order valence-electron chi connectivity index (χ2n) is 6.93. The van der Waals surface area contributed by atoms with Crippen LogP contribution >= 0.6 is 11.8 Å². The first-order valence-electron chi connectivity index (χ1n) is 9.27. The van der Waals surface area contributed by atoms with Gasteiger partial charge in [0.1, 0.15) is 5.82 Å². The van der Waals surface area contributed by atoms with Crippen LogP contribution in [0.3, 0.4) is 0 Å². The molecule has 2 aromatic rings. The van der Waals surface area contributed by atoms with Crippen molar-refractivity contribution in [3.05, 3.63) is 57.3 Å². The van der Waals surface area contributed by atoms with E-state index in [0.717, 1.165) is 31.2 Å². The third-order valence-corrected chi connectivity index (χ3v) is 5.74. The number of halogens is 1. The van der Waals surface area contributed by atoms with Crippen molar-refractivity contribution in [3.63, 3.8) is 0 Å². The lowest BCUT2D eigenvalue weighted by Crippen LogP contribution is -2.38. The van der Waals surface area contributed by atoms with Gasteiger partial charge in [-0.05, 0) is 37.5 Å². The van der Waals surface area contributed by atoms with Gasteiger partial charge in [-0.25, -0.2) is 9.37 Å². The van der Waals surface area contributed by atoms with Crippen LogP contribution in [-0.4, -0.2) is 21.9 Å². The number of amides is 1. The molecule has 0 bridgehead atoms. The Labute approximate surface area is 162 Å². The van der Waals surface area contributed by atoms with E-state index in [1.807, 2.05) is 0 Å². The van der Waals surface area contributed by atoms with Gasteiger partial charge in [-0.2, -0.15) is 0 Å². The number of aromatic nitrogens is 2. The summed E-state index contributed by atoms with van der Waals surface area (Å²) in [4.78, 5) is 31.9. The first-order chi connectivity index (χ1) is 13.0. The lowest BCUT2D eigenvalue weighted by atomic mass is 9.95. The zero-order valence-electron chi connectivity index (χ0n) is 15.4. The van der Waals surface area contributed by atoms with Crippen molar-refractivity contribution >= 4 is 17.7 Å². The summed E-state index contributed by atoms with van der Waals surface area (Å²) in [5, 5.41) is 3.53. The molecule has 1 amide bonds. The number of hydrogen-bond donors (Lipinski definition) is 2. The summed E-state index contributed by atoms with van der Waals surface area (Å²) < 4.78 is 13.0. The highest BCUT2D eigenvalue weighted by molar-refractivity contribution is 7.98. The Morgan fingerprint density at radius 1 is 1.26 bits per heavy atom. The fourth-order valence-electron chi connectivity index (χ4n) is 3.28. The number of carbonyl (C=O) groups excluding carboxylic acids is 1. The number of hydrogen-bond acceptors (Lipinski definition) is 4. The van der Waals surface area contributed by atoms with Gasteiger partial charge in [0.25, 0.3) is 5.56 Å². The average Bonchev–Trinajstić information content (AvgIpc) is 2.65. The summed E-state index contributed by atoms with van der Waals surface area (Å²) in [5.74, 6) is 0.176. The fraction of sp³-hybridized carbons (Fsp3) is 0.450. The minimum Gasteiger partial charge on any atom is -0.353 e. The van der Waals surface area contributed by atoms with Crippen LogP contribution in [0.2, 0.25) is 0 Å². The molecule has 1 aliphatic rings. The van der Waals surface area contributed by atoms with Crippen molar-refractivity contribution in [2.24, 2.45) is 0 Å². The molecule has 0 unspecified atom stereocenters. The number of aromatic amines is 1. The number of aryl methyl sites for hydroxylation is 1. The molecule has 1 aromatic heterocycles. The topological polar surface area (TPSA) is 74.8 Å². The number of nitrogens with zero attached hydrogens (tertiary/aromatic N) is 1. The van der Waals surface area contributed by atoms with Gasteiger partial charge in [-0.15, -0.1) is 0 Å². The highest BCUT2D eigenvalue weighted by atomic mass is 32.2. The molecule has 1 fully saturated rings. The molecule has 1 aromatic carbocycles. The zero-order chi connectivity index (χ0) is 19.2. The van der Waals surface area contributed by atoms with Gasteiger partial charge in [-0.3, -0.25) is 9.59 Å². The first-order valence-corrected chi connectivity index (χ1v) is 10.3. The number of H-pyrrole nitrogens is 1. The van der Waals surface area contributed by atoms with Crippen LogP contribution in [0.5, 0.6) is 0 Å². The van der Waals surface area contributed by atoms with E-state index in [2.05, 4.69) is 15.3 Å². The maximum absolute atomic E-state index is 13.0. The standard InChI is InChI=1S/C20H24FN3O2S/c1-13-17(11-18(25)23-16-5-3-2-4-6-16)19(26)24-20(22-13)27-12-14-7-9-15(21)10-8-14/h7-10,16H,2-6,11-12H2,1H3,(H,23,25)(H,22,24,26). The van der Waals surface area contributed by atoms with E-state index < -0.39 is 0 Å². The maximum Gasteiger partial charge on any atom is 0.255 e. The van der Waals surface area contributed by atoms with Crippen LogP contribution in [0.15, 0.2) is 34.2 Å². The Kier molecular flexibility index (Phi) is 6.66. The smallest absolute Gasteiger partial charge is 0.255 e. The van der Waals surface area contributed by atoms with Crippen molar-refractivity contribution in [1.82, 2.24) is 15.3 Å². The summed E-state index contributed by atoms with van der Waals surface area (Å²) in [7, 11) is 0. The summed E-state index contributed by atoms with van der Waals surface area (Å²) in [5.41, 5.74) is 1.65. The molecular formula is C20H24FN3O2S. The zero-order valence-corrected chi connectivity index (χ0v) is 16.2. The van der Waals surface area contributed by atoms with E-state index >= 15 is 0 Å². The summed E-state index contributed by atoms with van der Waals surface area (Å²) in [6, 6.07) is 6.45. The van der Waals surface area contributed by atoms with Crippen LogP contribution < -0.4 is 10.9 Å². The molecule has 0 atom stereocenters. The molecule has 0 spiro atoms. The predicted octanol–water partition coefficient (Wildman–Crippen LogP) is 3.50. The number of carbonyl (C=O) groups is 1. The Bertz CT molecular complexity index is 845. The third-order valence-electron chi connectivity index (χ3n) is 4.80. The summed E-state index contributed by atoms with van der Waals surface area (Å²) in [6.45, 7) is 1.75. The molecule has 1 aliphatic carbocycles. The van der Waals surface area contributed by atoms with Gasteiger partial charge < -0.3 is 10.3 Å². The molecule has 5 nitrogen and oxygen atoms in total. The van der Waals surface area contributed by atoms with Gasteiger partial charge in [0.15, 0.2) is 5.16 Å². The molecule has 144 valence electrons. The van der Waals surface area contributed by atoms with Crippen molar-refractivity contribution in [2.45, 2.75) is 62.4 Å².